The molecule has 10 nitrogen and oxygen atoms in total. The Labute approximate surface area is 359 Å². The van der Waals surface area contributed by atoms with Crippen LogP contribution < -0.4 is 10.5 Å². The maximum absolute atomic E-state index is 14.3. The fourth-order valence-electron chi connectivity index (χ4n) is 5.33. The number of ketones is 1. The molecule has 0 aliphatic rings. The average molecular weight is 909 g/mol. The van der Waals surface area contributed by atoms with Crippen LogP contribution in [0.15, 0.2) is 71.4 Å². The van der Waals surface area contributed by atoms with Crippen LogP contribution in [0.5, 0.6) is 11.5 Å². The summed E-state index contributed by atoms with van der Waals surface area (Å²) in [6.07, 6.45) is -0.330. The van der Waals surface area contributed by atoms with Gasteiger partial charge < -0.3 is 30.5 Å². The third-order valence-corrected chi connectivity index (χ3v) is 10.9. The van der Waals surface area contributed by atoms with Crippen LogP contribution in [0.3, 0.4) is 0 Å². The lowest BCUT2D eigenvalue weighted by molar-refractivity contribution is 0.0601. The highest BCUT2D eigenvalue weighted by atomic mass is 35.5. The third-order valence-electron chi connectivity index (χ3n) is 8.34. The van der Waals surface area contributed by atoms with Gasteiger partial charge >= 0.3 is 17.9 Å². The molecule has 0 aliphatic carbocycles. The Bertz CT molecular complexity index is 2600. The molecule has 6 rings (SSSR count). The number of esters is 1. The van der Waals surface area contributed by atoms with Gasteiger partial charge in [0.2, 0.25) is 0 Å². The number of carbonyl (C=O) groups is 4. The van der Waals surface area contributed by atoms with E-state index in [0.29, 0.717) is 5.02 Å². The van der Waals surface area contributed by atoms with E-state index in [1.54, 1.807) is 0 Å². The van der Waals surface area contributed by atoms with Gasteiger partial charge in [0.15, 0.2) is 29.1 Å². The first kappa shape index (κ1) is 48.4. The number of ether oxygens (including phenoxy) is 2. The highest BCUT2D eigenvalue weighted by molar-refractivity contribution is 7.14. The normalized spacial score (nSPS) is 10.3. The molecule has 0 aliphatic heterocycles. The van der Waals surface area contributed by atoms with E-state index < -0.39 is 47.0 Å². The zero-order valence-corrected chi connectivity index (χ0v) is 34.2. The molecular weight excluding hydrogens is 873 g/mol. The van der Waals surface area contributed by atoms with Gasteiger partial charge in [-0.3, -0.25) is 4.79 Å². The van der Waals surface area contributed by atoms with Gasteiger partial charge in [0.25, 0.3) is 0 Å². The standard InChI is InChI=1S/C20H13ClF2O4S.C13H11F2NO2S.C8H7ClO3.CH4/c1-9-2-4-13(18(23)17(9)22)19-16(20(26)27)10(8-28-19)6-14(24)12-5-3-11(21)7-15(12)25;1-6-3-4-7(11(15)10(6)14)12-9(13(17)18-2)8(16)5-19-12;1-12-7-4-5(9)2-3-6(7)8(10)11;/h2-5,7-8,25H,6H2,1H3,(H,26,27);3-5H,16H2,1-2H3;2-4H,1H3,(H,10,11);1H4. The van der Waals surface area contributed by atoms with Crippen LogP contribution in [0.4, 0.5) is 23.2 Å². The first-order valence-corrected chi connectivity index (χ1v) is 19.1. The summed E-state index contributed by atoms with van der Waals surface area (Å²) in [6.45, 7) is 2.86. The molecule has 2 heterocycles. The lowest BCUT2D eigenvalue weighted by Gasteiger charge is -2.07. The number of nitrogens with two attached hydrogens (primary N) is 1. The molecule has 0 amide bonds. The van der Waals surface area contributed by atoms with E-state index in [1.165, 1.54) is 99.5 Å². The molecule has 0 atom stereocenters. The van der Waals surface area contributed by atoms with Crippen LogP contribution in [0.2, 0.25) is 10.0 Å². The number of phenolic OH excluding ortho intramolecular Hbond substituents is 1. The second kappa shape index (κ2) is 20.8. The van der Waals surface area contributed by atoms with E-state index in [0.717, 1.165) is 22.7 Å². The smallest absolute Gasteiger partial charge is 0.341 e. The first-order chi connectivity index (χ1) is 27.8. The molecule has 0 spiro atoms. The number of phenols is 1. The van der Waals surface area contributed by atoms with E-state index in [9.17, 15) is 47.0 Å². The summed E-state index contributed by atoms with van der Waals surface area (Å²) in [5.41, 5.74) is 6.02. The molecule has 6 aromatic rings. The minimum absolute atomic E-state index is 0. The van der Waals surface area contributed by atoms with Gasteiger partial charge in [0.05, 0.1) is 40.8 Å². The predicted octanol–water partition coefficient (Wildman–Crippen LogP) is 11.5. The number of halogens is 6. The number of nitrogen functional groups attached to an aromatic ring is 1. The fourth-order valence-corrected chi connectivity index (χ4v) is 7.71. The number of aryl methyl sites for hydroxylation is 2. The van der Waals surface area contributed by atoms with Crippen molar-refractivity contribution in [3.8, 4) is 32.4 Å². The van der Waals surface area contributed by atoms with Gasteiger partial charge in [-0.25, -0.2) is 31.9 Å². The molecule has 2 aromatic heterocycles. The fraction of sp³-hybridized carbons (Fsp3) is 0.143. The number of rotatable bonds is 9. The van der Waals surface area contributed by atoms with Crippen molar-refractivity contribution in [1.82, 2.24) is 0 Å². The number of Topliss-reactive ketones (excluding diaryl/α,β-unsaturated/α-hetero) is 1. The Morgan fingerprint density at radius 3 is 1.68 bits per heavy atom. The van der Waals surface area contributed by atoms with Crippen LogP contribution in [-0.4, -0.2) is 53.2 Å². The Kier molecular flexibility index (Phi) is 16.8. The molecular formula is C42H35Cl2F4NO9S2. The molecule has 0 saturated carbocycles. The Balaban J connectivity index is 0.000000260. The average Bonchev–Trinajstić information content (AvgIpc) is 3.79. The van der Waals surface area contributed by atoms with Crippen molar-refractivity contribution < 1.29 is 61.5 Å². The van der Waals surface area contributed by atoms with Crippen molar-refractivity contribution in [3.63, 3.8) is 0 Å². The zero-order valence-electron chi connectivity index (χ0n) is 31.1. The second-order valence-corrected chi connectivity index (χ2v) is 14.8. The summed E-state index contributed by atoms with van der Waals surface area (Å²) >= 11 is 13.3. The quantitative estimate of drug-likeness (QED) is 0.0621. The van der Waals surface area contributed by atoms with Crippen molar-refractivity contribution in [1.29, 1.82) is 0 Å². The number of aromatic hydroxyl groups is 1. The Morgan fingerprint density at radius 1 is 0.700 bits per heavy atom. The number of carbonyl (C=O) groups excluding carboxylic acids is 2. The summed E-state index contributed by atoms with van der Waals surface area (Å²) in [5.74, 6) is -7.75. The molecule has 0 fully saturated rings. The SMILES string of the molecule is C.COC(=O)c1c(N)csc1-c1ccc(C)c(F)c1F.COc1cc(Cl)ccc1C(=O)O.Cc1ccc(-c2scc(CC(=O)c3ccc(Cl)cc3O)c2C(=O)O)c(F)c1F. The maximum atomic E-state index is 14.3. The third kappa shape index (κ3) is 10.8. The molecule has 4 aromatic carbocycles. The maximum Gasteiger partial charge on any atom is 0.341 e. The van der Waals surface area contributed by atoms with Gasteiger partial charge in [0, 0.05) is 33.0 Å². The molecule has 60 heavy (non-hydrogen) atoms. The van der Waals surface area contributed by atoms with Crippen LogP contribution in [0.25, 0.3) is 20.9 Å². The van der Waals surface area contributed by atoms with E-state index in [-0.39, 0.29) is 95.9 Å². The number of benzene rings is 4. The van der Waals surface area contributed by atoms with Crippen molar-refractivity contribution in [3.05, 3.63) is 144 Å². The van der Waals surface area contributed by atoms with E-state index in [2.05, 4.69) is 4.74 Å². The topological polar surface area (TPSA) is 173 Å². The number of aromatic carboxylic acids is 2. The molecule has 316 valence electrons. The minimum Gasteiger partial charge on any atom is -0.507 e. The van der Waals surface area contributed by atoms with E-state index in [1.807, 2.05) is 0 Å². The molecule has 0 unspecified atom stereocenters. The number of hydrogen-bond acceptors (Lipinski definition) is 10. The second-order valence-electron chi connectivity index (χ2n) is 12.2. The van der Waals surface area contributed by atoms with Crippen molar-refractivity contribution >= 4 is 75.3 Å². The molecule has 18 heteroatoms. The number of anilines is 1. The van der Waals surface area contributed by atoms with Gasteiger partial charge in [0.1, 0.15) is 22.6 Å². The molecule has 5 N–H and O–H groups in total. The number of thiophene rings is 2. The lowest BCUT2D eigenvalue weighted by atomic mass is 9.98. The molecule has 0 radical (unpaired) electrons. The molecule has 0 bridgehead atoms. The van der Waals surface area contributed by atoms with Crippen LogP contribution in [0.1, 0.15) is 65.5 Å². The monoisotopic (exact) mass is 907 g/mol. The number of carboxylic acids is 2. The number of carboxylic acid groups (broad SMARTS) is 2. The lowest BCUT2D eigenvalue weighted by Crippen LogP contribution is -2.08. The van der Waals surface area contributed by atoms with Gasteiger partial charge in [-0.05, 0) is 72.3 Å². The van der Waals surface area contributed by atoms with Crippen molar-refractivity contribution in [2.24, 2.45) is 0 Å². The summed E-state index contributed by atoms with van der Waals surface area (Å²) in [6, 6.07) is 13.9. The largest absolute Gasteiger partial charge is 0.507 e. The Hall–Kier alpha value is -5.94. The number of methoxy groups -OCH3 is 2. The zero-order chi connectivity index (χ0) is 43.9. The van der Waals surface area contributed by atoms with Gasteiger partial charge in [-0.1, -0.05) is 54.9 Å². The van der Waals surface area contributed by atoms with Crippen LogP contribution >= 0.6 is 45.9 Å². The summed E-state index contributed by atoms with van der Waals surface area (Å²) in [5, 5.41) is 31.8. The van der Waals surface area contributed by atoms with Crippen molar-refractivity contribution in [2.75, 3.05) is 20.0 Å². The Morgan fingerprint density at radius 2 is 1.20 bits per heavy atom. The highest BCUT2D eigenvalue weighted by Crippen LogP contribution is 2.39. The van der Waals surface area contributed by atoms with Crippen LogP contribution in [0, 0.1) is 37.1 Å². The van der Waals surface area contributed by atoms with Crippen molar-refractivity contribution in [2.45, 2.75) is 27.7 Å². The van der Waals surface area contributed by atoms with Gasteiger partial charge in [-0.15, -0.1) is 22.7 Å². The van der Waals surface area contributed by atoms with Gasteiger partial charge in [-0.2, -0.15) is 0 Å². The van der Waals surface area contributed by atoms with E-state index >= 15 is 0 Å². The van der Waals surface area contributed by atoms with Crippen LogP contribution in [-0.2, 0) is 11.2 Å². The predicted molar refractivity (Wildman–Crippen MR) is 224 cm³/mol. The summed E-state index contributed by atoms with van der Waals surface area (Å²) < 4.78 is 65.2. The highest BCUT2D eigenvalue weighted by Gasteiger charge is 2.26. The van der Waals surface area contributed by atoms with E-state index in [4.69, 9.17) is 38.8 Å². The summed E-state index contributed by atoms with van der Waals surface area (Å²) in [7, 11) is 2.60. The molecule has 0 saturated heterocycles. The first-order valence-electron chi connectivity index (χ1n) is 16.6. The minimum atomic E-state index is -1.36. The number of hydrogen-bond donors (Lipinski definition) is 4. The summed E-state index contributed by atoms with van der Waals surface area (Å²) in [4.78, 5) is 46.8.